The summed E-state index contributed by atoms with van der Waals surface area (Å²) in [5.74, 6) is 0.472. The van der Waals surface area contributed by atoms with Gasteiger partial charge in [0.15, 0.2) is 0 Å². The third-order valence-electron chi connectivity index (χ3n) is 2.43. The van der Waals surface area contributed by atoms with E-state index in [1.807, 2.05) is 0 Å². The third-order valence-corrected chi connectivity index (χ3v) is 2.43. The highest BCUT2D eigenvalue weighted by Gasteiger charge is 2.21. The van der Waals surface area contributed by atoms with Crippen LogP contribution in [0.3, 0.4) is 0 Å². The second-order valence-corrected chi connectivity index (χ2v) is 3.28. The standard InChI is InChI=1S/C9H12N2O2/c10-6-13-9-3-1-8(2-4-9)5-11-7-12/h8-9H,1-5H2. The molecule has 0 aromatic rings. The first-order chi connectivity index (χ1) is 6.36. The summed E-state index contributed by atoms with van der Waals surface area (Å²) in [6, 6.07) is 0. The van der Waals surface area contributed by atoms with Crippen LogP contribution in [-0.2, 0) is 9.53 Å². The molecule has 0 aromatic heterocycles. The molecule has 0 radical (unpaired) electrons. The zero-order chi connectivity index (χ0) is 9.52. The van der Waals surface area contributed by atoms with Gasteiger partial charge in [0.1, 0.15) is 6.10 Å². The van der Waals surface area contributed by atoms with Crippen LogP contribution in [0.25, 0.3) is 0 Å². The van der Waals surface area contributed by atoms with Crippen LogP contribution in [0, 0.1) is 17.4 Å². The average molecular weight is 180 g/mol. The Labute approximate surface area is 77.2 Å². The van der Waals surface area contributed by atoms with E-state index in [0.717, 1.165) is 25.7 Å². The molecule has 0 N–H and O–H groups in total. The van der Waals surface area contributed by atoms with E-state index in [0.29, 0.717) is 12.5 Å². The van der Waals surface area contributed by atoms with Crippen molar-refractivity contribution in [1.82, 2.24) is 0 Å². The van der Waals surface area contributed by atoms with E-state index in [9.17, 15) is 4.79 Å². The second kappa shape index (κ2) is 5.34. The number of nitrogens with zero attached hydrogens (tertiary/aromatic N) is 2. The maximum absolute atomic E-state index is 9.85. The van der Waals surface area contributed by atoms with Crippen molar-refractivity contribution in [3.8, 4) is 6.26 Å². The lowest BCUT2D eigenvalue weighted by molar-refractivity contribution is 0.102. The first-order valence-electron chi connectivity index (χ1n) is 4.45. The molecule has 0 bridgehead atoms. The molecule has 1 aliphatic rings. The van der Waals surface area contributed by atoms with Crippen molar-refractivity contribution in [3.63, 3.8) is 0 Å². The quantitative estimate of drug-likeness (QED) is 0.374. The normalized spacial score (nSPS) is 27.0. The number of rotatable bonds is 3. The Morgan fingerprint density at radius 3 is 2.62 bits per heavy atom. The third kappa shape index (κ3) is 3.27. The molecule has 0 heterocycles. The maximum atomic E-state index is 9.85. The molecule has 1 rings (SSSR count). The number of hydrogen-bond acceptors (Lipinski definition) is 4. The summed E-state index contributed by atoms with van der Waals surface area (Å²) in [6.07, 6.45) is 7.10. The number of carbonyl (C=O) groups excluding carboxylic acids is 1. The number of isocyanates is 1. The van der Waals surface area contributed by atoms with Gasteiger partial charge in [0, 0.05) is 0 Å². The van der Waals surface area contributed by atoms with Crippen molar-refractivity contribution in [2.75, 3.05) is 6.54 Å². The fourth-order valence-corrected chi connectivity index (χ4v) is 1.67. The average Bonchev–Trinajstić information content (AvgIpc) is 2.17. The maximum Gasteiger partial charge on any atom is 0.286 e. The number of aliphatic imine (C=N–C) groups is 1. The Morgan fingerprint density at radius 2 is 2.08 bits per heavy atom. The highest BCUT2D eigenvalue weighted by Crippen LogP contribution is 2.25. The van der Waals surface area contributed by atoms with E-state index in [-0.39, 0.29) is 6.10 Å². The predicted octanol–water partition coefficient (Wildman–Crippen LogP) is 1.38. The molecule has 1 saturated carbocycles. The molecule has 4 nitrogen and oxygen atoms in total. The van der Waals surface area contributed by atoms with Crippen LogP contribution in [0.2, 0.25) is 0 Å². The molecule has 0 aliphatic heterocycles. The number of hydrogen-bond donors (Lipinski definition) is 0. The lowest BCUT2D eigenvalue weighted by Crippen LogP contribution is -2.21. The van der Waals surface area contributed by atoms with Gasteiger partial charge in [-0.25, -0.2) is 9.79 Å². The SMILES string of the molecule is N#COC1CCC(CN=C=O)CC1. The lowest BCUT2D eigenvalue weighted by Gasteiger charge is -2.24. The van der Waals surface area contributed by atoms with Gasteiger partial charge in [-0.05, 0) is 31.6 Å². The van der Waals surface area contributed by atoms with Crippen molar-refractivity contribution >= 4 is 6.08 Å². The predicted molar refractivity (Wildman–Crippen MR) is 45.4 cm³/mol. The molecule has 13 heavy (non-hydrogen) atoms. The van der Waals surface area contributed by atoms with Gasteiger partial charge in [-0.1, -0.05) is 0 Å². The van der Waals surface area contributed by atoms with E-state index < -0.39 is 0 Å². The molecule has 0 aromatic carbocycles. The van der Waals surface area contributed by atoms with E-state index in [1.165, 1.54) is 0 Å². The molecule has 0 spiro atoms. The van der Waals surface area contributed by atoms with Crippen molar-refractivity contribution in [2.24, 2.45) is 10.9 Å². The minimum Gasteiger partial charge on any atom is -0.424 e. The minimum atomic E-state index is 0.0847. The van der Waals surface area contributed by atoms with Crippen molar-refractivity contribution in [3.05, 3.63) is 0 Å². The molecule has 1 fully saturated rings. The minimum absolute atomic E-state index is 0.0847. The topological polar surface area (TPSA) is 62.4 Å². The van der Waals surface area contributed by atoms with Crippen LogP contribution >= 0.6 is 0 Å². The van der Waals surface area contributed by atoms with Crippen LogP contribution < -0.4 is 0 Å². The monoisotopic (exact) mass is 180 g/mol. The fourth-order valence-electron chi connectivity index (χ4n) is 1.67. The van der Waals surface area contributed by atoms with Crippen molar-refractivity contribution in [2.45, 2.75) is 31.8 Å². The summed E-state index contributed by atoms with van der Waals surface area (Å²) >= 11 is 0. The van der Waals surface area contributed by atoms with Crippen LogP contribution in [0.1, 0.15) is 25.7 Å². The Balaban J connectivity index is 2.23. The molecule has 1 aliphatic carbocycles. The van der Waals surface area contributed by atoms with Crippen molar-refractivity contribution < 1.29 is 9.53 Å². The summed E-state index contributed by atoms with van der Waals surface area (Å²) in [5, 5.41) is 8.28. The Bertz CT molecular complexity index is 232. The van der Waals surface area contributed by atoms with Gasteiger partial charge in [-0.15, -0.1) is 0 Å². The second-order valence-electron chi connectivity index (χ2n) is 3.28. The smallest absolute Gasteiger partial charge is 0.286 e. The van der Waals surface area contributed by atoms with Gasteiger partial charge in [0.2, 0.25) is 6.08 Å². The fraction of sp³-hybridized carbons (Fsp3) is 0.778. The molecule has 0 atom stereocenters. The zero-order valence-electron chi connectivity index (χ0n) is 7.40. The summed E-state index contributed by atoms with van der Waals surface area (Å²) in [4.78, 5) is 13.4. The highest BCUT2D eigenvalue weighted by atomic mass is 16.5. The molecule has 0 unspecified atom stereocenters. The van der Waals surface area contributed by atoms with Crippen LogP contribution in [0.5, 0.6) is 0 Å². The number of nitriles is 1. The van der Waals surface area contributed by atoms with Crippen molar-refractivity contribution in [1.29, 1.82) is 5.26 Å². The first-order valence-corrected chi connectivity index (χ1v) is 4.45. The van der Waals surface area contributed by atoms with Crippen LogP contribution in [0.15, 0.2) is 4.99 Å². The van der Waals surface area contributed by atoms with Gasteiger partial charge < -0.3 is 4.74 Å². The zero-order valence-corrected chi connectivity index (χ0v) is 7.40. The summed E-state index contributed by atoms with van der Waals surface area (Å²) in [7, 11) is 0. The molecule has 4 heteroatoms. The van der Waals surface area contributed by atoms with Gasteiger partial charge in [0.05, 0.1) is 6.54 Å². The highest BCUT2D eigenvalue weighted by molar-refractivity contribution is 5.32. The van der Waals surface area contributed by atoms with Gasteiger partial charge in [0.25, 0.3) is 6.26 Å². The Kier molecular flexibility index (Phi) is 4.01. The van der Waals surface area contributed by atoms with Crippen LogP contribution in [-0.4, -0.2) is 18.7 Å². The van der Waals surface area contributed by atoms with Crippen LogP contribution in [0.4, 0.5) is 0 Å². The number of ether oxygens (including phenoxy) is 1. The summed E-state index contributed by atoms with van der Waals surface area (Å²) < 4.78 is 4.83. The lowest BCUT2D eigenvalue weighted by atomic mass is 9.87. The molecule has 0 saturated heterocycles. The van der Waals surface area contributed by atoms with Gasteiger partial charge >= 0.3 is 0 Å². The van der Waals surface area contributed by atoms with Gasteiger partial charge in [-0.2, -0.15) is 5.26 Å². The summed E-state index contributed by atoms with van der Waals surface area (Å²) in [5.41, 5.74) is 0. The Morgan fingerprint density at radius 1 is 1.38 bits per heavy atom. The molecule has 0 amide bonds. The molecular weight excluding hydrogens is 168 g/mol. The van der Waals surface area contributed by atoms with E-state index >= 15 is 0 Å². The first kappa shape index (κ1) is 9.76. The van der Waals surface area contributed by atoms with Gasteiger partial charge in [-0.3, -0.25) is 0 Å². The van der Waals surface area contributed by atoms with E-state index in [1.54, 1.807) is 12.3 Å². The Hall–Kier alpha value is -1.33. The molecular formula is C9H12N2O2. The van der Waals surface area contributed by atoms with E-state index in [2.05, 4.69) is 4.99 Å². The summed E-state index contributed by atoms with van der Waals surface area (Å²) in [6.45, 7) is 0.572. The van der Waals surface area contributed by atoms with E-state index in [4.69, 9.17) is 10.00 Å². The molecule has 70 valence electrons. The largest absolute Gasteiger partial charge is 0.424 e.